The van der Waals surface area contributed by atoms with Crippen molar-refractivity contribution in [2.24, 2.45) is 4.99 Å². The first-order chi connectivity index (χ1) is 13.1. The van der Waals surface area contributed by atoms with Gasteiger partial charge in [0, 0.05) is 30.4 Å². The van der Waals surface area contributed by atoms with Crippen LogP contribution in [-0.2, 0) is 13.1 Å². The van der Waals surface area contributed by atoms with Crippen LogP contribution in [0.1, 0.15) is 25.0 Å². The number of hydrogen-bond acceptors (Lipinski definition) is 4. The maximum atomic E-state index is 12.5. The van der Waals surface area contributed by atoms with E-state index >= 15 is 0 Å². The highest BCUT2D eigenvalue weighted by Gasteiger charge is 2.10. The molecule has 0 atom stereocenters. The summed E-state index contributed by atoms with van der Waals surface area (Å²) in [5.41, 5.74) is 1.47. The summed E-state index contributed by atoms with van der Waals surface area (Å²) in [7, 11) is 0. The predicted octanol–water partition coefficient (Wildman–Crippen LogP) is 3.96. The van der Waals surface area contributed by atoms with Crippen molar-refractivity contribution in [3.63, 3.8) is 0 Å². The number of rotatable bonds is 9. The summed E-state index contributed by atoms with van der Waals surface area (Å²) in [6.45, 7) is 2.82. The fourth-order valence-corrected chi connectivity index (χ4v) is 2.36. The summed E-state index contributed by atoms with van der Waals surface area (Å²) in [5.74, 6) is 1.24. The lowest BCUT2D eigenvalue weighted by atomic mass is 10.2. The summed E-state index contributed by atoms with van der Waals surface area (Å²) >= 11 is 0. The first-order valence-corrected chi connectivity index (χ1v) is 8.75. The van der Waals surface area contributed by atoms with Crippen LogP contribution in [-0.4, -0.2) is 30.7 Å². The van der Waals surface area contributed by atoms with Gasteiger partial charge in [0.1, 0.15) is 5.75 Å². The molecule has 1 aromatic heterocycles. The van der Waals surface area contributed by atoms with Crippen molar-refractivity contribution in [3.8, 4) is 11.6 Å². The molecule has 2 aromatic rings. The molecule has 2 rings (SSSR count). The number of nitrogens with zero attached hydrogens (tertiary/aromatic N) is 2. The average molecular weight is 506 g/mol. The highest BCUT2D eigenvalue weighted by atomic mass is 127. The smallest absolute Gasteiger partial charge is 0.387 e. The predicted molar refractivity (Wildman–Crippen MR) is 116 cm³/mol. The van der Waals surface area contributed by atoms with Crippen molar-refractivity contribution >= 4 is 29.9 Å². The van der Waals surface area contributed by atoms with Gasteiger partial charge in [-0.1, -0.05) is 24.3 Å². The second kappa shape index (κ2) is 13.1. The first kappa shape index (κ1) is 23.9. The molecular weight excluding hydrogens is 481 g/mol. The molecule has 28 heavy (non-hydrogen) atoms. The van der Waals surface area contributed by atoms with Gasteiger partial charge in [0.05, 0.1) is 13.2 Å². The van der Waals surface area contributed by atoms with E-state index in [1.165, 1.54) is 6.07 Å². The van der Waals surface area contributed by atoms with Crippen LogP contribution in [0.3, 0.4) is 0 Å². The van der Waals surface area contributed by atoms with Gasteiger partial charge in [-0.2, -0.15) is 8.78 Å². The molecule has 1 heterocycles. The Morgan fingerprint density at radius 2 is 1.86 bits per heavy atom. The van der Waals surface area contributed by atoms with Gasteiger partial charge in [-0.15, -0.1) is 24.0 Å². The van der Waals surface area contributed by atoms with Crippen LogP contribution in [0.5, 0.6) is 11.6 Å². The van der Waals surface area contributed by atoms with Crippen molar-refractivity contribution < 1.29 is 18.3 Å². The molecule has 0 saturated carbocycles. The minimum Gasteiger partial charge on any atom is -0.478 e. The monoisotopic (exact) mass is 506 g/mol. The van der Waals surface area contributed by atoms with Crippen LogP contribution >= 0.6 is 24.0 Å². The van der Waals surface area contributed by atoms with E-state index in [0.29, 0.717) is 43.6 Å². The maximum Gasteiger partial charge on any atom is 0.387 e. The van der Waals surface area contributed by atoms with Crippen LogP contribution in [0.25, 0.3) is 0 Å². The Balaban J connectivity index is 0.00000392. The minimum absolute atomic E-state index is 0. The van der Waals surface area contributed by atoms with Crippen LogP contribution < -0.4 is 20.1 Å². The van der Waals surface area contributed by atoms with E-state index in [9.17, 15) is 8.78 Å². The third-order valence-corrected chi connectivity index (χ3v) is 3.52. The Kier molecular flexibility index (Phi) is 11.2. The fourth-order valence-electron chi connectivity index (χ4n) is 2.36. The van der Waals surface area contributed by atoms with Gasteiger partial charge in [-0.3, -0.25) is 0 Å². The molecule has 0 bridgehead atoms. The number of guanidine groups is 1. The number of benzene rings is 1. The SMILES string of the molecule is CCNC(=NCc1cccnc1OCC)NCc1ccccc1OC(F)F.I. The van der Waals surface area contributed by atoms with E-state index in [-0.39, 0.29) is 29.7 Å². The molecule has 9 heteroatoms. The number of halogens is 3. The molecule has 2 N–H and O–H groups in total. The van der Waals surface area contributed by atoms with Crippen molar-refractivity contribution in [1.82, 2.24) is 15.6 Å². The number of aromatic nitrogens is 1. The molecule has 0 spiro atoms. The standard InChI is InChI=1S/C19H24F2N4O2.HI/c1-3-22-19(25-13-15-9-7-11-23-17(15)26-4-2)24-12-14-8-5-6-10-16(14)27-18(20)21;/h5-11,18H,3-4,12-13H2,1-2H3,(H2,22,24,25);1H. The molecule has 0 unspecified atom stereocenters. The summed E-state index contributed by atoms with van der Waals surface area (Å²) in [5, 5.41) is 6.25. The zero-order chi connectivity index (χ0) is 19.5. The largest absolute Gasteiger partial charge is 0.478 e. The number of hydrogen-bond donors (Lipinski definition) is 2. The molecule has 0 aliphatic heterocycles. The lowest BCUT2D eigenvalue weighted by molar-refractivity contribution is -0.0504. The lowest BCUT2D eigenvalue weighted by Gasteiger charge is -2.14. The minimum atomic E-state index is -2.87. The van der Waals surface area contributed by atoms with E-state index < -0.39 is 6.61 Å². The summed E-state index contributed by atoms with van der Waals surface area (Å²) in [6.07, 6.45) is 1.67. The second-order valence-corrected chi connectivity index (χ2v) is 5.44. The second-order valence-electron chi connectivity index (χ2n) is 5.44. The van der Waals surface area contributed by atoms with Crippen LogP contribution in [0.2, 0.25) is 0 Å². The highest BCUT2D eigenvalue weighted by Crippen LogP contribution is 2.20. The molecular formula is C19H25F2IN4O2. The van der Waals surface area contributed by atoms with E-state index in [1.807, 2.05) is 26.0 Å². The quantitative estimate of drug-likeness (QED) is 0.306. The zero-order valence-corrected chi connectivity index (χ0v) is 18.2. The number of pyridine rings is 1. The van der Waals surface area contributed by atoms with Gasteiger partial charge in [0.15, 0.2) is 5.96 Å². The summed E-state index contributed by atoms with van der Waals surface area (Å²) in [6, 6.07) is 10.4. The summed E-state index contributed by atoms with van der Waals surface area (Å²) < 4.78 is 35.1. The Morgan fingerprint density at radius 1 is 1.11 bits per heavy atom. The third kappa shape index (κ3) is 7.83. The van der Waals surface area contributed by atoms with Crippen LogP contribution in [0, 0.1) is 0 Å². The van der Waals surface area contributed by atoms with Crippen molar-refractivity contribution in [3.05, 3.63) is 53.7 Å². The topological polar surface area (TPSA) is 67.8 Å². The third-order valence-electron chi connectivity index (χ3n) is 3.52. The lowest BCUT2D eigenvalue weighted by Crippen LogP contribution is -2.36. The van der Waals surface area contributed by atoms with E-state index in [2.05, 4.69) is 25.3 Å². The van der Waals surface area contributed by atoms with Crippen molar-refractivity contribution in [2.45, 2.75) is 33.5 Å². The number of alkyl halides is 2. The van der Waals surface area contributed by atoms with Gasteiger partial charge in [-0.25, -0.2) is 9.98 Å². The van der Waals surface area contributed by atoms with Crippen molar-refractivity contribution in [1.29, 1.82) is 0 Å². The highest BCUT2D eigenvalue weighted by molar-refractivity contribution is 14.0. The Hall–Kier alpha value is -2.17. The summed E-state index contributed by atoms with van der Waals surface area (Å²) in [4.78, 5) is 8.72. The molecule has 0 aliphatic carbocycles. The Bertz CT molecular complexity index is 747. The molecule has 0 amide bonds. The molecule has 154 valence electrons. The Labute approximate surface area is 180 Å². The van der Waals surface area contributed by atoms with E-state index in [0.717, 1.165) is 5.56 Å². The number of para-hydroxylation sites is 1. The molecule has 0 radical (unpaired) electrons. The normalized spacial score (nSPS) is 11.0. The number of ether oxygens (including phenoxy) is 2. The van der Waals surface area contributed by atoms with Gasteiger partial charge in [-0.05, 0) is 26.0 Å². The Morgan fingerprint density at radius 3 is 2.57 bits per heavy atom. The van der Waals surface area contributed by atoms with E-state index in [4.69, 9.17) is 4.74 Å². The maximum absolute atomic E-state index is 12.5. The first-order valence-electron chi connectivity index (χ1n) is 8.75. The van der Waals surface area contributed by atoms with Crippen molar-refractivity contribution in [2.75, 3.05) is 13.2 Å². The van der Waals surface area contributed by atoms with Gasteiger partial charge in [0.25, 0.3) is 0 Å². The number of aliphatic imine (C=N–C) groups is 1. The molecule has 1 aromatic carbocycles. The van der Waals surface area contributed by atoms with E-state index in [1.54, 1.807) is 24.4 Å². The zero-order valence-electron chi connectivity index (χ0n) is 15.8. The van der Waals surface area contributed by atoms with Crippen LogP contribution in [0.15, 0.2) is 47.6 Å². The number of nitrogens with one attached hydrogen (secondary N) is 2. The average Bonchev–Trinajstić information content (AvgIpc) is 2.66. The van der Waals surface area contributed by atoms with Crippen LogP contribution in [0.4, 0.5) is 8.78 Å². The molecule has 0 saturated heterocycles. The molecule has 0 fully saturated rings. The molecule has 6 nitrogen and oxygen atoms in total. The molecule has 0 aliphatic rings. The fraction of sp³-hybridized carbons (Fsp3) is 0.368. The van der Waals surface area contributed by atoms with Gasteiger partial charge < -0.3 is 20.1 Å². The van der Waals surface area contributed by atoms with Gasteiger partial charge >= 0.3 is 6.61 Å². The van der Waals surface area contributed by atoms with Gasteiger partial charge in [0.2, 0.25) is 5.88 Å².